The largest absolute Gasteiger partial charge is 0.497 e. The van der Waals surface area contributed by atoms with Crippen molar-refractivity contribution < 1.29 is 23.9 Å². The van der Waals surface area contributed by atoms with Gasteiger partial charge in [-0.05, 0) is 85.3 Å². The predicted molar refractivity (Wildman–Crippen MR) is 167 cm³/mol. The van der Waals surface area contributed by atoms with Gasteiger partial charge >= 0.3 is 0 Å². The SMILES string of the molecule is CCOc1ccc(/C=C(/NC(=O)c2ccccc2)C(=O)Nc2cccc(SCC(=O)Nc3ccc(OC)cc3)c2)cc1. The third kappa shape index (κ3) is 9.00. The first-order chi connectivity index (χ1) is 20.4. The van der Waals surface area contributed by atoms with Gasteiger partial charge in [0.15, 0.2) is 0 Å². The number of ether oxygens (including phenoxy) is 2. The molecule has 0 aromatic heterocycles. The molecule has 4 aromatic rings. The number of carbonyl (C=O) groups excluding carboxylic acids is 3. The molecule has 0 heterocycles. The van der Waals surface area contributed by atoms with Crippen molar-refractivity contribution in [3.63, 3.8) is 0 Å². The van der Waals surface area contributed by atoms with Gasteiger partial charge in [-0.2, -0.15) is 0 Å². The molecule has 9 heteroatoms. The molecule has 0 atom stereocenters. The molecule has 0 aliphatic heterocycles. The Morgan fingerprint density at radius 2 is 1.50 bits per heavy atom. The number of nitrogens with one attached hydrogen (secondary N) is 3. The molecule has 0 radical (unpaired) electrons. The second-order valence-corrected chi connectivity index (χ2v) is 9.98. The Hall–Kier alpha value is -5.02. The summed E-state index contributed by atoms with van der Waals surface area (Å²) in [6.45, 7) is 2.45. The normalized spacial score (nSPS) is 10.9. The molecule has 0 bridgehead atoms. The van der Waals surface area contributed by atoms with E-state index in [1.807, 2.05) is 19.1 Å². The number of benzene rings is 4. The van der Waals surface area contributed by atoms with Crippen molar-refractivity contribution in [3.05, 3.63) is 120 Å². The van der Waals surface area contributed by atoms with Crippen LogP contribution in [0.5, 0.6) is 11.5 Å². The van der Waals surface area contributed by atoms with Crippen molar-refractivity contribution >= 4 is 46.9 Å². The fourth-order valence-electron chi connectivity index (χ4n) is 3.82. The zero-order valence-corrected chi connectivity index (χ0v) is 24.1. The molecule has 0 saturated heterocycles. The molecule has 4 rings (SSSR count). The number of methoxy groups -OCH3 is 1. The van der Waals surface area contributed by atoms with Crippen LogP contribution < -0.4 is 25.4 Å². The summed E-state index contributed by atoms with van der Waals surface area (Å²) in [6.07, 6.45) is 1.61. The minimum atomic E-state index is -0.493. The quantitative estimate of drug-likeness (QED) is 0.135. The Labute approximate surface area is 249 Å². The first-order valence-electron chi connectivity index (χ1n) is 13.2. The minimum absolute atomic E-state index is 0.0740. The molecule has 0 fully saturated rings. The van der Waals surface area contributed by atoms with E-state index in [1.165, 1.54) is 11.8 Å². The summed E-state index contributed by atoms with van der Waals surface area (Å²) in [6, 6.07) is 30.1. The molecule has 0 saturated carbocycles. The molecular formula is C33H31N3O5S. The molecule has 4 aromatic carbocycles. The smallest absolute Gasteiger partial charge is 0.272 e. The number of hydrogen-bond acceptors (Lipinski definition) is 6. The van der Waals surface area contributed by atoms with E-state index in [0.29, 0.717) is 40.6 Å². The minimum Gasteiger partial charge on any atom is -0.497 e. The fraction of sp³-hybridized carbons (Fsp3) is 0.121. The zero-order chi connectivity index (χ0) is 29.7. The maximum atomic E-state index is 13.4. The maximum Gasteiger partial charge on any atom is 0.272 e. The van der Waals surface area contributed by atoms with Crippen LogP contribution in [-0.2, 0) is 9.59 Å². The van der Waals surface area contributed by atoms with Gasteiger partial charge in [-0.15, -0.1) is 11.8 Å². The lowest BCUT2D eigenvalue weighted by molar-refractivity contribution is -0.114. The Kier molecular flexibility index (Phi) is 10.8. The highest BCUT2D eigenvalue weighted by Crippen LogP contribution is 2.23. The molecule has 8 nitrogen and oxygen atoms in total. The number of anilines is 2. The zero-order valence-electron chi connectivity index (χ0n) is 23.3. The van der Waals surface area contributed by atoms with Crippen LogP contribution in [0.4, 0.5) is 11.4 Å². The molecule has 0 aliphatic rings. The summed E-state index contributed by atoms with van der Waals surface area (Å²) in [4.78, 5) is 39.5. The lowest BCUT2D eigenvalue weighted by atomic mass is 10.1. The Bertz CT molecular complexity index is 1540. The van der Waals surface area contributed by atoms with Crippen LogP contribution in [0, 0.1) is 0 Å². The van der Waals surface area contributed by atoms with Crippen molar-refractivity contribution in [2.24, 2.45) is 0 Å². The van der Waals surface area contributed by atoms with Crippen molar-refractivity contribution in [1.29, 1.82) is 0 Å². The standard InChI is InChI=1S/C33H31N3O5S/c1-3-41-28-16-12-23(13-17-28)20-30(36-32(38)24-8-5-4-6-9-24)33(39)35-26-10-7-11-29(21-26)42-22-31(37)34-25-14-18-27(40-2)19-15-25/h4-21H,3,22H2,1-2H3,(H,34,37)(H,35,39)(H,36,38)/b30-20+. The molecule has 42 heavy (non-hydrogen) atoms. The summed E-state index contributed by atoms with van der Waals surface area (Å²) >= 11 is 1.34. The summed E-state index contributed by atoms with van der Waals surface area (Å²) in [7, 11) is 1.58. The third-order valence-corrected chi connectivity index (χ3v) is 6.86. The highest BCUT2D eigenvalue weighted by Gasteiger charge is 2.15. The van der Waals surface area contributed by atoms with Crippen molar-refractivity contribution in [1.82, 2.24) is 5.32 Å². The van der Waals surface area contributed by atoms with Crippen molar-refractivity contribution in [2.45, 2.75) is 11.8 Å². The summed E-state index contributed by atoms with van der Waals surface area (Å²) in [5.74, 6) is 0.533. The van der Waals surface area contributed by atoms with E-state index in [1.54, 1.807) is 104 Å². The van der Waals surface area contributed by atoms with Gasteiger partial charge in [0, 0.05) is 21.8 Å². The van der Waals surface area contributed by atoms with Gasteiger partial charge in [-0.25, -0.2) is 0 Å². The Balaban J connectivity index is 1.44. The van der Waals surface area contributed by atoms with Crippen LogP contribution >= 0.6 is 11.8 Å². The third-order valence-electron chi connectivity index (χ3n) is 5.87. The number of rotatable bonds is 12. The second kappa shape index (κ2) is 15.1. The van der Waals surface area contributed by atoms with E-state index in [9.17, 15) is 14.4 Å². The molecule has 0 aliphatic carbocycles. The van der Waals surface area contributed by atoms with E-state index < -0.39 is 11.8 Å². The van der Waals surface area contributed by atoms with E-state index in [2.05, 4.69) is 16.0 Å². The highest BCUT2D eigenvalue weighted by molar-refractivity contribution is 8.00. The summed E-state index contributed by atoms with van der Waals surface area (Å²) in [5.41, 5.74) is 2.40. The fourth-order valence-corrected chi connectivity index (χ4v) is 4.57. The number of thioether (sulfide) groups is 1. The van der Waals surface area contributed by atoms with Gasteiger partial charge in [-0.3, -0.25) is 14.4 Å². The van der Waals surface area contributed by atoms with Crippen molar-refractivity contribution in [3.8, 4) is 11.5 Å². The monoisotopic (exact) mass is 581 g/mol. The van der Waals surface area contributed by atoms with E-state index >= 15 is 0 Å². The van der Waals surface area contributed by atoms with Gasteiger partial charge in [0.2, 0.25) is 5.91 Å². The lowest BCUT2D eigenvalue weighted by Gasteiger charge is -2.12. The van der Waals surface area contributed by atoms with Gasteiger partial charge in [0.25, 0.3) is 11.8 Å². The van der Waals surface area contributed by atoms with Crippen LogP contribution in [0.3, 0.4) is 0 Å². The van der Waals surface area contributed by atoms with E-state index in [0.717, 1.165) is 4.90 Å². The van der Waals surface area contributed by atoms with Crippen LogP contribution in [0.25, 0.3) is 6.08 Å². The van der Waals surface area contributed by atoms with Gasteiger partial charge < -0.3 is 25.4 Å². The second-order valence-electron chi connectivity index (χ2n) is 8.93. The van der Waals surface area contributed by atoms with Crippen LogP contribution in [0.15, 0.2) is 114 Å². The highest BCUT2D eigenvalue weighted by atomic mass is 32.2. The molecule has 0 unspecified atom stereocenters. The Morgan fingerprint density at radius 3 is 2.19 bits per heavy atom. The van der Waals surface area contributed by atoms with Crippen LogP contribution in [0.1, 0.15) is 22.8 Å². The first-order valence-corrected chi connectivity index (χ1v) is 14.2. The lowest BCUT2D eigenvalue weighted by Crippen LogP contribution is -2.30. The average molecular weight is 582 g/mol. The van der Waals surface area contributed by atoms with Crippen LogP contribution in [0.2, 0.25) is 0 Å². The Morgan fingerprint density at radius 1 is 0.786 bits per heavy atom. The molecule has 214 valence electrons. The van der Waals surface area contributed by atoms with Crippen molar-refractivity contribution in [2.75, 3.05) is 30.1 Å². The topological polar surface area (TPSA) is 106 Å². The van der Waals surface area contributed by atoms with Gasteiger partial charge in [0.1, 0.15) is 17.2 Å². The average Bonchev–Trinajstić information content (AvgIpc) is 3.01. The molecule has 3 amide bonds. The predicted octanol–water partition coefficient (Wildman–Crippen LogP) is 6.23. The van der Waals surface area contributed by atoms with Crippen LogP contribution in [-0.4, -0.2) is 37.2 Å². The van der Waals surface area contributed by atoms with Gasteiger partial charge in [0.05, 0.1) is 19.5 Å². The van der Waals surface area contributed by atoms with E-state index in [4.69, 9.17) is 9.47 Å². The molecular weight excluding hydrogens is 550 g/mol. The summed E-state index contributed by atoms with van der Waals surface area (Å²) in [5, 5.41) is 8.45. The molecule has 0 spiro atoms. The van der Waals surface area contributed by atoms with E-state index in [-0.39, 0.29) is 17.4 Å². The first kappa shape index (κ1) is 30.0. The molecule has 3 N–H and O–H groups in total. The van der Waals surface area contributed by atoms with Gasteiger partial charge in [-0.1, -0.05) is 36.4 Å². The summed E-state index contributed by atoms with van der Waals surface area (Å²) < 4.78 is 10.6. The number of amides is 3. The number of carbonyl (C=O) groups is 3. The maximum absolute atomic E-state index is 13.4. The number of hydrogen-bond donors (Lipinski definition) is 3.